The van der Waals surface area contributed by atoms with Gasteiger partial charge >= 0.3 is 0 Å². The SMILES string of the molecule is NC(=O)CNC(=O)COc1ccc(Br)cc1Cl. The molecule has 0 unspecified atom stereocenters. The molecular weight excluding hydrogens is 311 g/mol. The molecule has 0 aromatic heterocycles. The van der Waals surface area contributed by atoms with Crippen LogP contribution in [0.5, 0.6) is 5.75 Å². The molecule has 0 radical (unpaired) electrons. The van der Waals surface area contributed by atoms with Gasteiger partial charge in [0, 0.05) is 4.47 Å². The maximum absolute atomic E-state index is 11.2. The molecule has 1 aromatic rings. The van der Waals surface area contributed by atoms with Crippen LogP contribution in [0, 0.1) is 0 Å². The predicted octanol–water partition coefficient (Wildman–Crippen LogP) is 1.08. The van der Waals surface area contributed by atoms with Gasteiger partial charge in [0.15, 0.2) is 6.61 Å². The number of halogens is 2. The third-order valence-corrected chi connectivity index (χ3v) is 2.50. The average Bonchev–Trinajstić information content (AvgIpc) is 2.25. The lowest BCUT2D eigenvalue weighted by Crippen LogP contribution is -2.36. The van der Waals surface area contributed by atoms with Crippen LogP contribution in [0.25, 0.3) is 0 Å². The standard InChI is InChI=1S/C10H10BrClN2O3/c11-6-1-2-8(7(12)3-6)17-5-10(16)14-4-9(13)15/h1-3H,4-5H2,(H2,13,15)(H,14,16). The maximum Gasteiger partial charge on any atom is 0.258 e. The van der Waals surface area contributed by atoms with E-state index in [-0.39, 0.29) is 13.2 Å². The summed E-state index contributed by atoms with van der Waals surface area (Å²) in [7, 11) is 0. The molecule has 0 heterocycles. The number of nitrogens with two attached hydrogens (primary N) is 1. The lowest BCUT2D eigenvalue weighted by atomic mass is 10.3. The number of ether oxygens (including phenoxy) is 1. The summed E-state index contributed by atoms with van der Waals surface area (Å²) < 4.78 is 5.98. The second-order valence-corrected chi connectivity index (χ2v) is 4.43. The first-order valence-corrected chi connectivity index (χ1v) is 5.79. The molecule has 1 aromatic carbocycles. The number of hydrogen-bond acceptors (Lipinski definition) is 3. The van der Waals surface area contributed by atoms with Gasteiger partial charge in [0.2, 0.25) is 5.91 Å². The number of amides is 2. The first-order valence-electron chi connectivity index (χ1n) is 4.62. The Morgan fingerprint density at radius 1 is 1.47 bits per heavy atom. The van der Waals surface area contributed by atoms with Crippen LogP contribution in [0.4, 0.5) is 0 Å². The molecule has 92 valence electrons. The quantitative estimate of drug-likeness (QED) is 0.851. The molecule has 7 heteroatoms. The molecule has 0 spiro atoms. The van der Waals surface area contributed by atoms with Gasteiger partial charge in [0.25, 0.3) is 5.91 Å². The molecule has 17 heavy (non-hydrogen) atoms. The van der Waals surface area contributed by atoms with Gasteiger partial charge in [-0.2, -0.15) is 0 Å². The summed E-state index contributed by atoms with van der Waals surface area (Å²) in [6.07, 6.45) is 0. The van der Waals surface area contributed by atoms with E-state index in [4.69, 9.17) is 22.1 Å². The van der Waals surface area contributed by atoms with E-state index in [1.165, 1.54) is 0 Å². The van der Waals surface area contributed by atoms with Crippen molar-refractivity contribution in [3.05, 3.63) is 27.7 Å². The summed E-state index contributed by atoms with van der Waals surface area (Å²) in [4.78, 5) is 21.6. The number of carbonyl (C=O) groups is 2. The Hall–Kier alpha value is -1.27. The van der Waals surface area contributed by atoms with E-state index in [2.05, 4.69) is 21.2 Å². The smallest absolute Gasteiger partial charge is 0.258 e. The highest BCUT2D eigenvalue weighted by Gasteiger charge is 2.06. The van der Waals surface area contributed by atoms with Crippen LogP contribution in [-0.4, -0.2) is 25.0 Å². The van der Waals surface area contributed by atoms with Crippen LogP contribution >= 0.6 is 27.5 Å². The zero-order valence-corrected chi connectivity index (χ0v) is 11.0. The van der Waals surface area contributed by atoms with Gasteiger partial charge in [-0.3, -0.25) is 9.59 Å². The van der Waals surface area contributed by atoms with E-state index in [0.29, 0.717) is 10.8 Å². The topological polar surface area (TPSA) is 81.4 Å². The van der Waals surface area contributed by atoms with Crippen molar-refractivity contribution >= 4 is 39.3 Å². The third kappa shape index (κ3) is 5.06. The highest BCUT2D eigenvalue weighted by molar-refractivity contribution is 9.10. The van der Waals surface area contributed by atoms with Gasteiger partial charge in [0.05, 0.1) is 11.6 Å². The summed E-state index contributed by atoms with van der Waals surface area (Å²) in [5, 5.41) is 2.68. The minimum absolute atomic E-state index is 0.212. The van der Waals surface area contributed by atoms with Crippen LogP contribution in [-0.2, 0) is 9.59 Å². The second kappa shape index (κ2) is 6.46. The van der Waals surface area contributed by atoms with E-state index in [1.807, 2.05) is 0 Å². The van der Waals surface area contributed by atoms with Gasteiger partial charge in [-0.15, -0.1) is 0 Å². The normalized spacial score (nSPS) is 9.76. The van der Waals surface area contributed by atoms with Gasteiger partial charge in [-0.1, -0.05) is 27.5 Å². The van der Waals surface area contributed by atoms with Crippen molar-refractivity contribution in [3.8, 4) is 5.75 Å². The largest absolute Gasteiger partial charge is 0.482 e. The molecule has 0 aliphatic heterocycles. The molecule has 3 N–H and O–H groups in total. The molecule has 0 saturated carbocycles. The molecule has 0 atom stereocenters. The zero-order chi connectivity index (χ0) is 12.8. The summed E-state index contributed by atoms with van der Waals surface area (Å²) >= 11 is 9.13. The Labute approximate surface area is 111 Å². The van der Waals surface area contributed by atoms with Gasteiger partial charge in [0.1, 0.15) is 5.75 Å². The molecule has 0 aliphatic carbocycles. The maximum atomic E-state index is 11.2. The number of hydrogen-bond donors (Lipinski definition) is 2. The van der Waals surface area contributed by atoms with Crippen molar-refractivity contribution in [2.24, 2.45) is 5.73 Å². The Morgan fingerprint density at radius 3 is 2.76 bits per heavy atom. The van der Waals surface area contributed by atoms with E-state index < -0.39 is 11.8 Å². The van der Waals surface area contributed by atoms with Crippen molar-refractivity contribution in [2.45, 2.75) is 0 Å². The van der Waals surface area contributed by atoms with E-state index in [9.17, 15) is 9.59 Å². The molecular formula is C10H10BrClN2O3. The van der Waals surface area contributed by atoms with Crippen LogP contribution in [0.15, 0.2) is 22.7 Å². The first-order chi connectivity index (χ1) is 7.99. The summed E-state index contributed by atoms with van der Waals surface area (Å²) in [6, 6.07) is 5.02. The fourth-order valence-corrected chi connectivity index (χ4v) is 1.70. The molecule has 0 aliphatic rings. The lowest BCUT2D eigenvalue weighted by molar-refractivity contribution is -0.126. The fourth-order valence-electron chi connectivity index (χ4n) is 0.972. The van der Waals surface area contributed by atoms with Crippen LogP contribution in [0.1, 0.15) is 0 Å². The van der Waals surface area contributed by atoms with Crippen molar-refractivity contribution in [1.29, 1.82) is 0 Å². The summed E-state index contributed by atoms with van der Waals surface area (Å²) in [5.41, 5.74) is 4.87. The molecule has 5 nitrogen and oxygen atoms in total. The van der Waals surface area contributed by atoms with Crippen molar-refractivity contribution in [3.63, 3.8) is 0 Å². The Morgan fingerprint density at radius 2 is 2.18 bits per heavy atom. The molecule has 0 saturated heterocycles. The van der Waals surface area contributed by atoms with Crippen LogP contribution < -0.4 is 15.8 Å². The van der Waals surface area contributed by atoms with E-state index in [0.717, 1.165) is 4.47 Å². The average molecular weight is 322 g/mol. The number of primary amides is 1. The van der Waals surface area contributed by atoms with Crippen molar-refractivity contribution < 1.29 is 14.3 Å². The minimum Gasteiger partial charge on any atom is -0.482 e. The number of rotatable bonds is 5. The number of carbonyl (C=O) groups excluding carboxylic acids is 2. The predicted molar refractivity (Wildman–Crippen MR) is 66.9 cm³/mol. The highest BCUT2D eigenvalue weighted by atomic mass is 79.9. The second-order valence-electron chi connectivity index (χ2n) is 3.11. The number of nitrogens with one attached hydrogen (secondary N) is 1. The number of benzene rings is 1. The molecule has 2 amide bonds. The van der Waals surface area contributed by atoms with Gasteiger partial charge in [-0.05, 0) is 18.2 Å². The first kappa shape index (κ1) is 13.8. The Bertz CT molecular complexity index is 440. The molecule has 1 rings (SSSR count). The zero-order valence-electron chi connectivity index (χ0n) is 8.70. The molecule has 0 fully saturated rings. The van der Waals surface area contributed by atoms with Gasteiger partial charge < -0.3 is 15.8 Å². The lowest BCUT2D eigenvalue weighted by Gasteiger charge is -2.08. The Balaban J connectivity index is 2.44. The van der Waals surface area contributed by atoms with E-state index in [1.54, 1.807) is 18.2 Å². The monoisotopic (exact) mass is 320 g/mol. The summed E-state index contributed by atoms with van der Waals surface area (Å²) in [6.45, 7) is -0.440. The van der Waals surface area contributed by atoms with Gasteiger partial charge in [-0.25, -0.2) is 0 Å². The van der Waals surface area contributed by atoms with E-state index >= 15 is 0 Å². The fraction of sp³-hybridized carbons (Fsp3) is 0.200. The van der Waals surface area contributed by atoms with Crippen LogP contribution in [0.2, 0.25) is 5.02 Å². The summed E-state index contributed by atoms with van der Waals surface area (Å²) in [5.74, 6) is -0.660. The molecule has 0 bridgehead atoms. The highest BCUT2D eigenvalue weighted by Crippen LogP contribution is 2.27. The van der Waals surface area contributed by atoms with Crippen molar-refractivity contribution in [2.75, 3.05) is 13.2 Å². The Kier molecular flexibility index (Phi) is 5.24. The van der Waals surface area contributed by atoms with Crippen molar-refractivity contribution in [1.82, 2.24) is 5.32 Å². The third-order valence-electron chi connectivity index (χ3n) is 1.71. The minimum atomic E-state index is -0.611. The van der Waals surface area contributed by atoms with Crippen LogP contribution in [0.3, 0.4) is 0 Å².